The zero-order valence-electron chi connectivity index (χ0n) is 17.9. The van der Waals surface area contributed by atoms with E-state index in [0.29, 0.717) is 0 Å². The number of aliphatic hydroxyl groups excluding tert-OH is 2. The number of hydrogen-bond acceptors (Lipinski definition) is 9. The normalized spacial score (nSPS) is 15.1. The van der Waals surface area contributed by atoms with E-state index >= 15 is 0 Å². The summed E-state index contributed by atoms with van der Waals surface area (Å²) in [6, 6.07) is 0. The molecule has 0 radical (unpaired) electrons. The smallest absolute Gasteiger partial charge is 0.383 e. The Kier molecular flexibility index (Phi) is 11.3. The second-order valence-electron chi connectivity index (χ2n) is 8.28. The number of carbonyl (C=O) groups is 3. The highest BCUT2D eigenvalue weighted by molar-refractivity contribution is 7.46. The lowest BCUT2D eigenvalue weighted by atomic mass is 9.87. The van der Waals surface area contributed by atoms with Crippen LogP contribution in [0, 0.1) is 10.8 Å². The van der Waals surface area contributed by atoms with E-state index in [4.69, 9.17) is 19.6 Å². The van der Waals surface area contributed by atoms with Crippen LogP contribution in [0.25, 0.3) is 0 Å². The Bertz CT molecular complexity index is 711. The van der Waals surface area contributed by atoms with Crippen molar-refractivity contribution in [3.8, 4) is 0 Å². The fourth-order valence-electron chi connectivity index (χ4n) is 2.00. The van der Waals surface area contributed by atoms with Crippen molar-refractivity contribution >= 4 is 33.2 Å². The third-order valence-electron chi connectivity index (χ3n) is 4.11. The maximum atomic E-state index is 12.0. The molecule has 32 heavy (non-hydrogen) atoms. The van der Waals surface area contributed by atoms with Crippen molar-refractivity contribution in [1.82, 2.24) is 10.6 Å². The van der Waals surface area contributed by atoms with Crippen LogP contribution in [0.3, 0.4) is 0 Å². The van der Waals surface area contributed by atoms with Crippen LogP contribution in [0.4, 0.5) is 0 Å². The van der Waals surface area contributed by atoms with Gasteiger partial charge in [-0.2, -0.15) is 0 Å². The van der Waals surface area contributed by atoms with E-state index in [0.717, 1.165) is 0 Å². The summed E-state index contributed by atoms with van der Waals surface area (Å²) in [7, 11) is -9.64. The largest absolute Gasteiger partial charge is 0.469 e. The summed E-state index contributed by atoms with van der Waals surface area (Å²) in [5.74, 6) is -2.78. The SMILES string of the molecule is CC(C)(COP(=O)(O)O)C(O)C(=O)NCC(=O)CNC(=O)C(O)C(C)(C)COP(=O)(O)O. The zero-order valence-corrected chi connectivity index (χ0v) is 19.7. The van der Waals surface area contributed by atoms with Crippen molar-refractivity contribution < 1.29 is 62.3 Å². The van der Waals surface area contributed by atoms with Crippen LogP contribution in [0.15, 0.2) is 0 Å². The first kappa shape index (κ1) is 30.8. The number of Topliss-reactive ketones (excluding diaryl/α,β-unsaturated/α-hetero) is 1. The number of phosphoric acid groups is 2. The highest BCUT2D eigenvalue weighted by atomic mass is 31.2. The average molecular weight is 508 g/mol. The van der Waals surface area contributed by atoms with Crippen molar-refractivity contribution in [3.63, 3.8) is 0 Å². The molecule has 0 aromatic rings. The van der Waals surface area contributed by atoms with E-state index in [9.17, 15) is 33.7 Å². The van der Waals surface area contributed by atoms with Gasteiger partial charge in [0.25, 0.3) is 0 Å². The van der Waals surface area contributed by atoms with Gasteiger partial charge in [0, 0.05) is 10.8 Å². The first-order chi connectivity index (χ1) is 14.2. The van der Waals surface area contributed by atoms with Crippen LogP contribution < -0.4 is 10.6 Å². The molecule has 0 aromatic carbocycles. The molecule has 2 unspecified atom stereocenters. The number of hydrogen-bond donors (Lipinski definition) is 8. The van der Waals surface area contributed by atoms with Crippen LogP contribution in [0.1, 0.15) is 27.7 Å². The van der Waals surface area contributed by atoms with Crippen LogP contribution >= 0.6 is 15.6 Å². The second-order valence-corrected chi connectivity index (χ2v) is 10.8. The summed E-state index contributed by atoms with van der Waals surface area (Å²) in [6.07, 6.45) is -3.57. The number of rotatable bonds is 14. The fraction of sp³-hybridized carbons (Fsp3) is 0.800. The Morgan fingerprint density at radius 2 is 1.03 bits per heavy atom. The van der Waals surface area contributed by atoms with E-state index in [1.165, 1.54) is 27.7 Å². The van der Waals surface area contributed by atoms with Crippen molar-refractivity contribution in [3.05, 3.63) is 0 Å². The summed E-state index contributed by atoms with van der Waals surface area (Å²) in [5.41, 5.74) is -2.82. The molecule has 0 bridgehead atoms. The molecule has 0 aromatic heterocycles. The Labute approximate surface area is 184 Å². The van der Waals surface area contributed by atoms with Gasteiger partial charge in [0.2, 0.25) is 11.8 Å². The number of carbonyl (C=O) groups excluding carboxylic acids is 3. The topological polar surface area (TPSA) is 249 Å². The van der Waals surface area contributed by atoms with E-state index in [1.807, 2.05) is 0 Å². The molecule has 0 fully saturated rings. The Hall–Kier alpha value is -1.25. The standard InChI is InChI=1S/C15H30N2O13P2/c1-14(2,7-29-31(23,24)25)10(19)12(21)16-5-9(18)6-17-13(22)11(20)15(3,4)8-30-32(26,27)28/h10-11,19-20H,5-8H2,1-4H3,(H,16,21)(H,17,22)(H2,23,24,25)(H2,26,27,28). The number of nitrogens with one attached hydrogen (secondary N) is 2. The minimum atomic E-state index is -4.82. The number of ketones is 1. The molecule has 0 heterocycles. The molecule has 0 saturated heterocycles. The number of amides is 2. The fourth-order valence-corrected chi connectivity index (χ4v) is 3.00. The van der Waals surface area contributed by atoms with Crippen LogP contribution in [0.2, 0.25) is 0 Å². The van der Waals surface area contributed by atoms with Crippen molar-refractivity contribution in [1.29, 1.82) is 0 Å². The van der Waals surface area contributed by atoms with Crippen LogP contribution in [-0.2, 0) is 32.6 Å². The minimum absolute atomic E-state index is 0.619. The van der Waals surface area contributed by atoms with Gasteiger partial charge in [-0.25, -0.2) is 9.13 Å². The second kappa shape index (κ2) is 11.7. The predicted octanol–water partition coefficient (Wildman–Crippen LogP) is -2.22. The van der Waals surface area contributed by atoms with Crippen LogP contribution in [-0.4, -0.2) is 85.9 Å². The molecule has 2 atom stereocenters. The van der Waals surface area contributed by atoms with Gasteiger partial charge in [-0.15, -0.1) is 0 Å². The molecule has 0 rings (SSSR count). The van der Waals surface area contributed by atoms with Gasteiger partial charge in [-0.1, -0.05) is 27.7 Å². The van der Waals surface area contributed by atoms with E-state index < -0.39 is 82.6 Å². The lowest BCUT2D eigenvalue weighted by Crippen LogP contribution is -2.49. The van der Waals surface area contributed by atoms with Gasteiger partial charge in [0.1, 0.15) is 12.2 Å². The maximum Gasteiger partial charge on any atom is 0.469 e. The Balaban J connectivity index is 4.59. The Morgan fingerprint density at radius 1 is 0.750 bits per heavy atom. The molecule has 8 N–H and O–H groups in total. The molecular weight excluding hydrogens is 478 g/mol. The van der Waals surface area contributed by atoms with Crippen molar-refractivity contribution in [2.24, 2.45) is 10.8 Å². The van der Waals surface area contributed by atoms with Gasteiger partial charge in [0.05, 0.1) is 26.3 Å². The monoisotopic (exact) mass is 508 g/mol. The third kappa shape index (κ3) is 12.1. The highest BCUT2D eigenvalue weighted by Gasteiger charge is 2.37. The molecule has 2 amide bonds. The minimum Gasteiger partial charge on any atom is -0.383 e. The number of aliphatic hydroxyl groups is 2. The van der Waals surface area contributed by atoms with Gasteiger partial charge in [-0.3, -0.25) is 23.4 Å². The maximum absolute atomic E-state index is 12.0. The molecule has 17 heteroatoms. The van der Waals surface area contributed by atoms with Gasteiger partial charge in [0.15, 0.2) is 5.78 Å². The molecule has 15 nitrogen and oxygen atoms in total. The van der Waals surface area contributed by atoms with Crippen molar-refractivity contribution in [2.75, 3.05) is 26.3 Å². The summed E-state index contributed by atoms with van der Waals surface area (Å²) in [5, 5.41) is 24.2. The third-order valence-corrected chi connectivity index (χ3v) is 5.04. The lowest BCUT2D eigenvalue weighted by molar-refractivity contribution is -0.139. The number of phosphoric ester groups is 2. The zero-order chi connectivity index (χ0) is 25.5. The molecular formula is C15H30N2O13P2. The summed E-state index contributed by atoms with van der Waals surface area (Å²) >= 11 is 0. The lowest BCUT2D eigenvalue weighted by Gasteiger charge is -2.29. The Morgan fingerprint density at radius 3 is 1.28 bits per heavy atom. The molecule has 188 valence electrons. The van der Waals surface area contributed by atoms with Gasteiger partial charge in [-0.05, 0) is 0 Å². The average Bonchev–Trinajstić information content (AvgIpc) is 2.64. The van der Waals surface area contributed by atoms with Gasteiger partial charge >= 0.3 is 15.6 Å². The van der Waals surface area contributed by atoms with E-state index in [2.05, 4.69) is 19.7 Å². The molecule has 0 aliphatic carbocycles. The van der Waals surface area contributed by atoms with E-state index in [1.54, 1.807) is 0 Å². The quantitative estimate of drug-likeness (QED) is 0.116. The summed E-state index contributed by atoms with van der Waals surface area (Å²) in [4.78, 5) is 70.6. The summed E-state index contributed by atoms with van der Waals surface area (Å²) in [6.45, 7) is 2.65. The highest BCUT2D eigenvalue weighted by Crippen LogP contribution is 2.39. The predicted molar refractivity (Wildman–Crippen MR) is 107 cm³/mol. The molecule has 0 aliphatic heterocycles. The van der Waals surface area contributed by atoms with Crippen molar-refractivity contribution in [2.45, 2.75) is 39.9 Å². The van der Waals surface area contributed by atoms with E-state index in [-0.39, 0.29) is 0 Å². The first-order valence-electron chi connectivity index (χ1n) is 9.01. The van der Waals surface area contributed by atoms with Crippen LogP contribution in [0.5, 0.6) is 0 Å². The first-order valence-corrected chi connectivity index (χ1v) is 12.1. The molecule has 0 spiro atoms. The van der Waals surface area contributed by atoms with Gasteiger partial charge < -0.3 is 40.4 Å². The molecule has 0 saturated carbocycles. The molecule has 0 aliphatic rings. The summed E-state index contributed by atoms with van der Waals surface area (Å²) < 4.78 is 30.1.